The third-order valence-electron chi connectivity index (χ3n) is 2.78. The van der Waals surface area contributed by atoms with Gasteiger partial charge in [0.2, 0.25) is 0 Å². The number of hydrogen-bond acceptors (Lipinski definition) is 2. The molecule has 0 aliphatic heterocycles. The predicted octanol–water partition coefficient (Wildman–Crippen LogP) is 3.72. The average Bonchev–Trinajstić information content (AvgIpc) is 2.30. The standard InChI is InChI=1S/C14H22O2Si/c1-5-10-17(11-6-2,12-7-3)13-9-16-14(15)8-4/h5-8H,1-4,9-13H2. The van der Waals surface area contributed by atoms with Crippen molar-refractivity contribution in [2.75, 3.05) is 6.61 Å². The molecule has 0 rings (SSSR count). The summed E-state index contributed by atoms with van der Waals surface area (Å²) in [5.74, 6) is -0.358. The lowest BCUT2D eigenvalue weighted by molar-refractivity contribution is -0.137. The molecule has 0 heterocycles. The Kier molecular flexibility index (Phi) is 8.06. The fraction of sp³-hybridized carbons (Fsp3) is 0.357. The van der Waals surface area contributed by atoms with E-state index in [2.05, 4.69) is 26.3 Å². The molecule has 0 fully saturated rings. The van der Waals surface area contributed by atoms with Gasteiger partial charge in [0.05, 0.1) is 14.7 Å². The van der Waals surface area contributed by atoms with Crippen LogP contribution in [0.4, 0.5) is 0 Å². The van der Waals surface area contributed by atoms with Gasteiger partial charge >= 0.3 is 5.97 Å². The van der Waals surface area contributed by atoms with Gasteiger partial charge < -0.3 is 4.74 Å². The van der Waals surface area contributed by atoms with Gasteiger partial charge in [-0.05, 0) is 24.2 Å². The Bertz CT molecular complexity index is 268. The Labute approximate surface area is 105 Å². The fourth-order valence-corrected chi connectivity index (χ4v) is 5.39. The van der Waals surface area contributed by atoms with Crippen LogP contribution in [0.1, 0.15) is 0 Å². The third-order valence-corrected chi connectivity index (χ3v) is 7.50. The summed E-state index contributed by atoms with van der Waals surface area (Å²) in [6, 6.07) is 3.90. The first-order valence-corrected chi connectivity index (χ1v) is 8.59. The van der Waals surface area contributed by atoms with E-state index in [0.717, 1.165) is 24.2 Å². The number of allylic oxidation sites excluding steroid dienone is 3. The van der Waals surface area contributed by atoms with Crippen molar-refractivity contribution in [3.8, 4) is 0 Å². The Morgan fingerprint density at radius 1 is 1.00 bits per heavy atom. The first kappa shape index (κ1) is 15.6. The molecule has 0 N–H and O–H groups in total. The average molecular weight is 250 g/mol. The summed E-state index contributed by atoms with van der Waals surface area (Å²) in [5, 5.41) is 0. The van der Waals surface area contributed by atoms with E-state index in [9.17, 15) is 4.79 Å². The van der Waals surface area contributed by atoms with E-state index >= 15 is 0 Å². The number of hydrogen-bond donors (Lipinski definition) is 0. The second-order valence-electron chi connectivity index (χ2n) is 4.10. The molecule has 0 aromatic rings. The van der Waals surface area contributed by atoms with Crippen molar-refractivity contribution < 1.29 is 9.53 Å². The molecular weight excluding hydrogens is 228 g/mol. The summed E-state index contributed by atoms with van der Waals surface area (Å²) in [6.45, 7) is 15.3. The minimum absolute atomic E-state index is 0.358. The molecule has 0 aliphatic rings. The van der Waals surface area contributed by atoms with Gasteiger partial charge in [-0.25, -0.2) is 4.79 Å². The first-order valence-electron chi connectivity index (χ1n) is 5.76. The van der Waals surface area contributed by atoms with Gasteiger partial charge in [-0.3, -0.25) is 0 Å². The number of carbonyl (C=O) groups is 1. The molecule has 0 aromatic heterocycles. The van der Waals surface area contributed by atoms with Gasteiger partial charge in [0.1, 0.15) is 0 Å². The Morgan fingerprint density at radius 2 is 1.47 bits per heavy atom. The third kappa shape index (κ3) is 6.07. The predicted molar refractivity (Wildman–Crippen MR) is 76.7 cm³/mol. The van der Waals surface area contributed by atoms with E-state index < -0.39 is 8.07 Å². The van der Waals surface area contributed by atoms with Crippen LogP contribution < -0.4 is 0 Å². The smallest absolute Gasteiger partial charge is 0.330 e. The summed E-state index contributed by atoms with van der Waals surface area (Å²) in [5.41, 5.74) is 0. The van der Waals surface area contributed by atoms with E-state index in [1.54, 1.807) is 0 Å². The van der Waals surface area contributed by atoms with Gasteiger partial charge in [-0.2, -0.15) is 0 Å². The SMILES string of the molecule is C=CC[Si](CC=C)(CC=C)CCOC(=O)C=C. The zero-order valence-electron chi connectivity index (χ0n) is 10.5. The van der Waals surface area contributed by atoms with Crippen molar-refractivity contribution in [1.82, 2.24) is 0 Å². The minimum Gasteiger partial charge on any atom is -0.463 e. The molecule has 0 bridgehead atoms. The lowest BCUT2D eigenvalue weighted by Crippen LogP contribution is -2.33. The molecule has 0 saturated heterocycles. The Morgan fingerprint density at radius 3 is 1.82 bits per heavy atom. The summed E-state index contributed by atoms with van der Waals surface area (Å²) < 4.78 is 5.06. The number of esters is 1. The maximum Gasteiger partial charge on any atom is 0.330 e. The molecule has 0 saturated carbocycles. The highest BCUT2D eigenvalue weighted by atomic mass is 28.3. The van der Waals surface area contributed by atoms with Crippen molar-refractivity contribution in [1.29, 1.82) is 0 Å². The molecule has 0 amide bonds. The maximum atomic E-state index is 11.0. The molecule has 0 radical (unpaired) electrons. The van der Waals surface area contributed by atoms with Crippen molar-refractivity contribution in [3.05, 3.63) is 50.6 Å². The summed E-state index contributed by atoms with van der Waals surface area (Å²) in [4.78, 5) is 11.0. The zero-order valence-corrected chi connectivity index (χ0v) is 11.5. The lowest BCUT2D eigenvalue weighted by atomic mass is 10.6. The van der Waals surface area contributed by atoms with E-state index in [4.69, 9.17) is 4.74 Å². The molecule has 2 nitrogen and oxygen atoms in total. The van der Waals surface area contributed by atoms with Crippen LogP contribution in [0.5, 0.6) is 0 Å². The fourth-order valence-electron chi connectivity index (χ4n) is 1.90. The topological polar surface area (TPSA) is 26.3 Å². The Balaban J connectivity index is 4.47. The van der Waals surface area contributed by atoms with Crippen LogP contribution in [-0.4, -0.2) is 20.7 Å². The molecule has 94 valence electrons. The highest BCUT2D eigenvalue weighted by Gasteiger charge is 2.28. The van der Waals surface area contributed by atoms with Crippen molar-refractivity contribution >= 4 is 14.0 Å². The molecule has 0 aliphatic carbocycles. The summed E-state index contributed by atoms with van der Waals surface area (Å²) >= 11 is 0. The van der Waals surface area contributed by atoms with Crippen LogP contribution in [0.3, 0.4) is 0 Å². The zero-order chi connectivity index (χ0) is 13.1. The highest BCUT2D eigenvalue weighted by Crippen LogP contribution is 2.27. The van der Waals surface area contributed by atoms with E-state index in [-0.39, 0.29) is 5.97 Å². The molecule has 3 heteroatoms. The van der Waals surface area contributed by atoms with Crippen LogP contribution in [0.25, 0.3) is 0 Å². The van der Waals surface area contributed by atoms with Crippen LogP contribution in [-0.2, 0) is 9.53 Å². The Hall–Kier alpha value is -1.35. The van der Waals surface area contributed by atoms with Gasteiger partial charge in [-0.1, -0.05) is 24.8 Å². The van der Waals surface area contributed by atoms with Gasteiger partial charge in [-0.15, -0.1) is 19.7 Å². The van der Waals surface area contributed by atoms with Gasteiger partial charge in [0, 0.05) is 6.08 Å². The van der Waals surface area contributed by atoms with Crippen molar-refractivity contribution in [2.45, 2.75) is 24.2 Å². The van der Waals surface area contributed by atoms with E-state index in [0.29, 0.717) is 6.61 Å². The highest BCUT2D eigenvalue weighted by molar-refractivity contribution is 6.81. The maximum absolute atomic E-state index is 11.0. The van der Waals surface area contributed by atoms with Crippen LogP contribution in [0.15, 0.2) is 50.6 Å². The first-order chi connectivity index (χ1) is 8.14. The van der Waals surface area contributed by atoms with E-state index in [1.807, 2.05) is 18.2 Å². The second-order valence-corrected chi connectivity index (χ2v) is 8.82. The van der Waals surface area contributed by atoms with Crippen LogP contribution in [0.2, 0.25) is 24.2 Å². The van der Waals surface area contributed by atoms with Gasteiger partial charge in [0.15, 0.2) is 0 Å². The summed E-state index contributed by atoms with van der Waals surface area (Å²) in [7, 11) is -1.54. The molecule has 0 atom stereocenters. The molecule has 0 aromatic carbocycles. The largest absolute Gasteiger partial charge is 0.463 e. The molecule has 17 heavy (non-hydrogen) atoms. The molecule has 0 unspecified atom stereocenters. The van der Waals surface area contributed by atoms with Gasteiger partial charge in [0.25, 0.3) is 0 Å². The normalized spacial score (nSPS) is 10.4. The van der Waals surface area contributed by atoms with Crippen molar-refractivity contribution in [3.63, 3.8) is 0 Å². The van der Waals surface area contributed by atoms with Crippen LogP contribution >= 0.6 is 0 Å². The molecule has 0 spiro atoms. The quantitative estimate of drug-likeness (QED) is 0.256. The van der Waals surface area contributed by atoms with E-state index in [1.165, 1.54) is 6.08 Å². The second kappa shape index (κ2) is 8.76. The van der Waals surface area contributed by atoms with Crippen LogP contribution in [0, 0.1) is 0 Å². The summed E-state index contributed by atoms with van der Waals surface area (Å²) in [6.07, 6.45) is 7.05. The monoisotopic (exact) mass is 250 g/mol. The number of rotatable bonds is 10. The molecular formula is C14H22O2Si. The minimum atomic E-state index is -1.54. The number of carbonyl (C=O) groups excluding carboxylic acids is 1. The van der Waals surface area contributed by atoms with Crippen molar-refractivity contribution in [2.24, 2.45) is 0 Å². The lowest BCUT2D eigenvalue weighted by Gasteiger charge is -2.28. The number of ether oxygens (including phenoxy) is 1.